The highest BCUT2D eigenvalue weighted by atomic mass is 35.5. The zero-order valence-corrected chi connectivity index (χ0v) is 19.4. The lowest BCUT2D eigenvalue weighted by molar-refractivity contribution is 0.187. The molecule has 1 aliphatic carbocycles. The molecule has 1 saturated heterocycles. The van der Waals surface area contributed by atoms with Gasteiger partial charge in [-0.05, 0) is 54.0 Å². The molecule has 33 heavy (non-hydrogen) atoms. The lowest BCUT2D eigenvalue weighted by atomic mass is 9.73. The molecule has 0 radical (unpaired) electrons. The SMILES string of the molecule is N#Cc1ccc2c(c1)C(N)C1(CCN(c3cnc(Sc4ccnc(N)c4Cl)c(N)n3)CC1)C2. The molecule has 1 aliphatic heterocycles. The first-order valence-electron chi connectivity index (χ1n) is 10.6. The number of hydrogen-bond acceptors (Lipinski definition) is 9. The number of anilines is 3. The molecule has 0 bridgehead atoms. The van der Waals surface area contributed by atoms with Gasteiger partial charge in [-0.2, -0.15) is 5.26 Å². The Morgan fingerprint density at radius 3 is 2.67 bits per heavy atom. The summed E-state index contributed by atoms with van der Waals surface area (Å²) in [5.74, 6) is 1.37. The van der Waals surface area contributed by atoms with E-state index < -0.39 is 0 Å². The van der Waals surface area contributed by atoms with Crippen molar-refractivity contribution in [3.63, 3.8) is 0 Å². The minimum Gasteiger partial charge on any atom is -0.382 e. The van der Waals surface area contributed by atoms with Gasteiger partial charge in [-0.3, -0.25) is 0 Å². The highest BCUT2D eigenvalue weighted by Gasteiger charge is 2.46. The second-order valence-electron chi connectivity index (χ2n) is 8.56. The van der Waals surface area contributed by atoms with E-state index in [9.17, 15) is 5.26 Å². The highest BCUT2D eigenvalue weighted by Crippen LogP contribution is 2.51. The topological polar surface area (TPSA) is 144 Å². The van der Waals surface area contributed by atoms with Gasteiger partial charge in [0.1, 0.15) is 16.7 Å². The van der Waals surface area contributed by atoms with Gasteiger partial charge < -0.3 is 22.1 Å². The Bertz CT molecular complexity index is 1270. The largest absolute Gasteiger partial charge is 0.382 e. The van der Waals surface area contributed by atoms with E-state index in [4.69, 9.17) is 28.8 Å². The summed E-state index contributed by atoms with van der Waals surface area (Å²) >= 11 is 7.55. The number of nitrogens with two attached hydrogens (primary N) is 3. The summed E-state index contributed by atoms with van der Waals surface area (Å²) in [6, 6.07) is 9.81. The first kappa shape index (κ1) is 21.8. The number of nitriles is 1. The summed E-state index contributed by atoms with van der Waals surface area (Å²) < 4.78 is 0. The van der Waals surface area contributed by atoms with Crippen molar-refractivity contribution in [1.29, 1.82) is 5.26 Å². The fraction of sp³-hybridized carbons (Fsp3) is 0.304. The molecule has 0 amide bonds. The fourth-order valence-corrected chi connectivity index (χ4v) is 5.86. The lowest BCUT2D eigenvalue weighted by Gasteiger charge is -2.42. The molecule has 1 unspecified atom stereocenters. The van der Waals surface area contributed by atoms with Gasteiger partial charge in [0.15, 0.2) is 5.82 Å². The fourth-order valence-electron chi connectivity index (χ4n) is 4.84. The molecule has 1 fully saturated rings. The number of aromatic nitrogens is 3. The Balaban J connectivity index is 1.29. The minimum absolute atomic E-state index is 0.0136. The monoisotopic (exact) mass is 478 g/mol. The molecule has 3 aromatic rings. The molecule has 2 aromatic heterocycles. The average Bonchev–Trinajstić information content (AvgIpc) is 3.09. The van der Waals surface area contributed by atoms with Gasteiger partial charge in [-0.25, -0.2) is 15.0 Å². The Kier molecular flexibility index (Phi) is 5.52. The highest BCUT2D eigenvalue weighted by molar-refractivity contribution is 7.99. The maximum atomic E-state index is 9.23. The van der Waals surface area contributed by atoms with E-state index in [1.54, 1.807) is 18.5 Å². The molecule has 1 aromatic carbocycles. The van der Waals surface area contributed by atoms with Gasteiger partial charge in [0.2, 0.25) is 0 Å². The zero-order valence-electron chi connectivity index (χ0n) is 17.8. The summed E-state index contributed by atoms with van der Waals surface area (Å²) in [6.45, 7) is 1.64. The van der Waals surface area contributed by atoms with E-state index in [0.717, 1.165) is 48.6 Å². The van der Waals surface area contributed by atoms with Gasteiger partial charge in [0.05, 0.1) is 22.9 Å². The van der Waals surface area contributed by atoms with Crippen molar-refractivity contribution in [3.05, 3.63) is 58.4 Å². The molecule has 10 heteroatoms. The summed E-state index contributed by atoms with van der Waals surface area (Å²) in [5, 5.41) is 10.2. The van der Waals surface area contributed by atoms with E-state index >= 15 is 0 Å². The van der Waals surface area contributed by atoms with Crippen LogP contribution in [-0.4, -0.2) is 28.0 Å². The molecule has 168 valence electrons. The standard InChI is InChI=1S/C23H23ClN8S/c24-18-16(3-6-29-20(18)27)33-22-21(28)31-17(12-30-22)32-7-4-23(5-8-32)10-14-2-1-13(11-25)9-15(14)19(23)26/h1-3,6,9,12,19H,4-5,7-8,10,26H2,(H2,27,29)(H2,28,31). The normalized spacial score (nSPS) is 18.8. The molecule has 1 spiro atoms. The first-order chi connectivity index (χ1) is 15.9. The van der Waals surface area contributed by atoms with Gasteiger partial charge >= 0.3 is 0 Å². The first-order valence-corrected chi connectivity index (χ1v) is 11.8. The van der Waals surface area contributed by atoms with Crippen LogP contribution in [0, 0.1) is 16.7 Å². The van der Waals surface area contributed by atoms with Crippen LogP contribution in [0.1, 0.15) is 35.6 Å². The quantitative estimate of drug-likeness (QED) is 0.514. The molecule has 8 nitrogen and oxygen atoms in total. The number of rotatable bonds is 3. The van der Waals surface area contributed by atoms with Crippen molar-refractivity contribution >= 4 is 40.8 Å². The second kappa shape index (κ2) is 8.37. The van der Waals surface area contributed by atoms with Crippen LogP contribution in [0.5, 0.6) is 0 Å². The number of pyridine rings is 1. The number of piperidine rings is 1. The third kappa shape index (κ3) is 3.84. The van der Waals surface area contributed by atoms with Crippen LogP contribution in [0.3, 0.4) is 0 Å². The van der Waals surface area contributed by atoms with E-state index in [1.165, 1.54) is 17.3 Å². The summed E-state index contributed by atoms with van der Waals surface area (Å²) in [5.41, 5.74) is 21.8. The van der Waals surface area contributed by atoms with Crippen LogP contribution in [0.25, 0.3) is 0 Å². The number of nitrogen functional groups attached to an aromatic ring is 2. The van der Waals surface area contributed by atoms with Crippen LogP contribution < -0.4 is 22.1 Å². The van der Waals surface area contributed by atoms with Crippen molar-refractivity contribution in [2.75, 3.05) is 29.5 Å². The molecule has 5 rings (SSSR count). The third-order valence-electron chi connectivity index (χ3n) is 6.73. The second-order valence-corrected chi connectivity index (χ2v) is 9.97. The molecular formula is C23H23ClN8S. The molecule has 3 heterocycles. The summed E-state index contributed by atoms with van der Waals surface area (Å²) in [7, 11) is 0. The van der Waals surface area contributed by atoms with Crippen molar-refractivity contribution in [3.8, 4) is 6.07 Å². The Labute approximate surface area is 201 Å². The van der Waals surface area contributed by atoms with Crippen LogP contribution in [-0.2, 0) is 6.42 Å². The van der Waals surface area contributed by atoms with Gasteiger partial charge in [-0.15, -0.1) is 0 Å². The molecule has 1 atom stereocenters. The smallest absolute Gasteiger partial charge is 0.158 e. The number of halogens is 1. The van der Waals surface area contributed by atoms with Crippen LogP contribution in [0.2, 0.25) is 5.02 Å². The Hall–Kier alpha value is -3.06. The molecular weight excluding hydrogens is 456 g/mol. The van der Waals surface area contributed by atoms with Gasteiger partial charge in [0.25, 0.3) is 0 Å². The number of fused-ring (bicyclic) bond motifs is 1. The van der Waals surface area contributed by atoms with Crippen LogP contribution >= 0.6 is 23.4 Å². The van der Waals surface area contributed by atoms with Gasteiger partial charge in [-0.1, -0.05) is 29.4 Å². The van der Waals surface area contributed by atoms with E-state index in [-0.39, 0.29) is 17.3 Å². The zero-order chi connectivity index (χ0) is 23.2. The number of hydrogen-bond donors (Lipinski definition) is 3. The molecule has 6 N–H and O–H groups in total. The summed E-state index contributed by atoms with van der Waals surface area (Å²) in [4.78, 5) is 16.0. The van der Waals surface area contributed by atoms with Crippen molar-refractivity contribution < 1.29 is 0 Å². The maximum Gasteiger partial charge on any atom is 0.158 e. The van der Waals surface area contributed by atoms with Gasteiger partial charge in [0, 0.05) is 30.2 Å². The van der Waals surface area contributed by atoms with Crippen molar-refractivity contribution in [2.45, 2.75) is 35.2 Å². The maximum absolute atomic E-state index is 9.23. The number of nitrogens with zero attached hydrogens (tertiary/aromatic N) is 5. The lowest BCUT2D eigenvalue weighted by Crippen LogP contribution is -2.44. The number of benzene rings is 1. The van der Waals surface area contributed by atoms with Crippen molar-refractivity contribution in [1.82, 2.24) is 15.0 Å². The van der Waals surface area contributed by atoms with Crippen molar-refractivity contribution in [2.24, 2.45) is 11.1 Å². The predicted octanol–water partition coefficient (Wildman–Crippen LogP) is 3.55. The van der Waals surface area contributed by atoms with E-state index in [0.29, 0.717) is 21.4 Å². The Morgan fingerprint density at radius 2 is 1.94 bits per heavy atom. The van der Waals surface area contributed by atoms with E-state index in [1.807, 2.05) is 12.1 Å². The third-order valence-corrected chi connectivity index (χ3v) is 8.31. The van der Waals surface area contributed by atoms with Crippen LogP contribution in [0.4, 0.5) is 17.5 Å². The molecule has 0 saturated carbocycles. The molecule has 2 aliphatic rings. The van der Waals surface area contributed by atoms with E-state index in [2.05, 4.69) is 32.0 Å². The average molecular weight is 479 g/mol. The van der Waals surface area contributed by atoms with Crippen LogP contribution in [0.15, 0.2) is 46.6 Å². The minimum atomic E-state index is -0.0598. The summed E-state index contributed by atoms with van der Waals surface area (Å²) in [6.07, 6.45) is 6.17. The predicted molar refractivity (Wildman–Crippen MR) is 130 cm³/mol. The Morgan fingerprint density at radius 1 is 1.15 bits per heavy atom.